The Morgan fingerprint density at radius 2 is 0.415 bits per heavy atom. The Morgan fingerprint density at radius 3 is 0.608 bits per heavy atom. The van der Waals surface area contributed by atoms with E-state index in [0.29, 0.717) is 58.9 Å². The zero-order valence-corrected chi connectivity index (χ0v) is 76.1. The summed E-state index contributed by atoms with van der Waals surface area (Å²) in [6.07, 6.45) is -0.124. The molecule has 0 saturated carbocycles. The molecule has 49 heteroatoms. The number of aliphatic hydroxyl groups is 21. The number of carbonyl (C=O) groups is 12. The number of rotatable bonds is 71. The van der Waals surface area contributed by atoms with E-state index in [9.17, 15) is 57.5 Å². The van der Waals surface area contributed by atoms with Crippen molar-refractivity contribution in [2.75, 3.05) is 251 Å². The topological polar surface area (TPSA) is 777 Å². The quantitative estimate of drug-likeness (QED) is 0.0153. The monoisotopic (exact) mass is 1910 g/mol. The van der Waals surface area contributed by atoms with E-state index in [-0.39, 0.29) is 196 Å². The molecule has 3 atom stereocenters. The summed E-state index contributed by atoms with van der Waals surface area (Å²) in [5.74, 6) is -8.72. The number of esters is 12. The van der Waals surface area contributed by atoms with Gasteiger partial charge < -0.3 is 183 Å². The van der Waals surface area contributed by atoms with Gasteiger partial charge in [-0.2, -0.15) is 0 Å². The maximum absolute atomic E-state index is 11.6. The summed E-state index contributed by atoms with van der Waals surface area (Å²) in [5.41, 5.74) is -5.84. The summed E-state index contributed by atoms with van der Waals surface area (Å²) >= 11 is 0. The Kier molecular flexibility index (Phi) is 84.5. The molecule has 0 radical (unpaired) electrons. The van der Waals surface area contributed by atoms with Gasteiger partial charge >= 0.3 is 71.6 Å². The molecule has 130 heavy (non-hydrogen) atoms. The molecule has 0 saturated heterocycles. The lowest BCUT2D eigenvalue weighted by Gasteiger charge is -2.31. The highest BCUT2D eigenvalue weighted by Gasteiger charge is 2.37. The molecule has 49 nitrogen and oxygen atoms in total. The fourth-order valence-corrected chi connectivity index (χ4v) is 8.76. The van der Waals surface area contributed by atoms with E-state index in [2.05, 4.69) is 6.92 Å². The highest BCUT2D eigenvalue weighted by atomic mass is 16.6. The predicted molar refractivity (Wildman–Crippen MR) is 443 cm³/mol. The third kappa shape index (κ3) is 75.1. The molecule has 0 unspecified atom stereocenters. The molecule has 0 spiro atoms. The van der Waals surface area contributed by atoms with Gasteiger partial charge in [-0.1, -0.05) is 13.8 Å². The van der Waals surface area contributed by atoms with Crippen molar-refractivity contribution in [3.8, 4) is 0 Å². The first-order chi connectivity index (χ1) is 61.3. The van der Waals surface area contributed by atoms with E-state index in [1.165, 1.54) is 27.7 Å². The molecule has 0 fully saturated rings. The van der Waals surface area contributed by atoms with Gasteiger partial charge in [0.1, 0.15) is 104 Å². The van der Waals surface area contributed by atoms with Crippen LogP contribution in [0.2, 0.25) is 0 Å². The van der Waals surface area contributed by atoms with Gasteiger partial charge in [-0.15, -0.1) is 0 Å². The van der Waals surface area contributed by atoms with Crippen LogP contribution in [0.25, 0.3) is 0 Å². The number of hydrogen-bond acceptors (Lipinski definition) is 49. The van der Waals surface area contributed by atoms with Gasteiger partial charge in [0, 0.05) is 45.9 Å². The molecule has 0 amide bonds. The highest BCUT2D eigenvalue weighted by Crippen LogP contribution is 2.33. The van der Waals surface area contributed by atoms with Crippen molar-refractivity contribution in [1.29, 1.82) is 0 Å². The van der Waals surface area contributed by atoms with Gasteiger partial charge in [0.15, 0.2) is 0 Å². The van der Waals surface area contributed by atoms with Crippen LogP contribution in [0, 0.1) is 37.9 Å². The number of carbonyl (C=O) groups excluding carboxylic acids is 12. The van der Waals surface area contributed by atoms with Crippen LogP contribution in [0.1, 0.15) is 139 Å². The van der Waals surface area contributed by atoms with Gasteiger partial charge in [-0.3, -0.25) is 24.0 Å². The van der Waals surface area contributed by atoms with Crippen LogP contribution in [-0.4, -0.2) is 448 Å². The van der Waals surface area contributed by atoms with Crippen LogP contribution in [0.5, 0.6) is 0 Å². The Balaban J connectivity index is -0.000000356. The first-order valence-corrected chi connectivity index (χ1v) is 41.6. The molecular weight excluding hydrogens is 1760 g/mol. The van der Waals surface area contributed by atoms with E-state index in [1.807, 2.05) is 6.92 Å². The van der Waals surface area contributed by atoms with Crippen LogP contribution >= 0.6 is 0 Å². The Labute approximate surface area is 755 Å². The smallest absolute Gasteiger partial charge is 0.334 e. The van der Waals surface area contributed by atoms with Crippen molar-refractivity contribution in [2.24, 2.45) is 37.9 Å². The van der Waals surface area contributed by atoms with Crippen LogP contribution in [-0.2, 0) is 133 Å². The minimum absolute atomic E-state index is 0.0281. The van der Waals surface area contributed by atoms with Crippen molar-refractivity contribution >= 4 is 71.6 Å². The first kappa shape index (κ1) is 133. The van der Waals surface area contributed by atoms with E-state index in [1.54, 1.807) is 13.8 Å². The second kappa shape index (κ2) is 82.3. The Bertz CT molecular complexity index is 2700. The molecule has 0 heterocycles. The fraction of sp³-hybridized carbons (Fsp3) is 0.852. The van der Waals surface area contributed by atoms with Crippen LogP contribution in [0.3, 0.4) is 0 Å². The molecular formula is C81H150O49. The van der Waals surface area contributed by atoms with Gasteiger partial charge in [0.05, 0.1) is 178 Å². The first-order valence-electron chi connectivity index (χ1n) is 41.6. The van der Waals surface area contributed by atoms with E-state index >= 15 is 0 Å². The molecule has 0 rings (SSSR count). The van der Waals surface area contributed by atoms with E-state index in [4.69, 9.17) is 183 Å². The van der Waals surface area contributed by atoms with E-state index in [0.717, 1.165) is 19.3 Å². The number of aliphatic hydroxyl groups excluding tert-OH is 21. The summed E-state index contributed by atoms with van der Waals surface area (Å²) in [7, 11) is 0. The minimum atomic E-state index is -1.33. The lowest BCUT2D eigenvalue weighted by atomic mass is 9.81. The molecule has 21 N–H and O–H groups in total. The average Bonchev–Trinajstić information content (AvgIpc) is 0.913. The van der Waals surface area contributed by atoms with Crippen molar-refractivity contribution in [2.45, 2.75) is 157 Å². The highest BCUT2D eigenvalue weighted by molar-refractivity contribution is 5.76. The maximum atomic E-state index is 11.6. The zero-order valence-electron chi connectivity index (χ0n) is 76.1. The molecule has 0 aliphatic carbocycles. The predicted octanol–water partition coefficient (Wildman–Crippen LogP) is -7.42. The molecule has 0 aromatic carbocycles. The van der Waals surface area contributed by atoms with Crippen LogP contribution in [0.15, 0.2) is 0 Å². The molecule has 0 aromatic rings. The third-order valence-electron chi connectivity index (χ3n) is 17.7. The number of hydrogen-bond donors (Lipinski definition) is 21. The molecule has 0 aromatic heterocycles. The van der Waals surface area contributed by atoms with Crippen molar-refractivity contribution in [3.05, 3.63) is 0 Å². The molecule has 0 aliphatic rings. The molecule has 0 aliphatic heterocycles. The summed E-state index contributed by atoms with van der Waals surface area (Å²) < 4.78 is 79.9. The zero-order chi connectivity index (χ0) is 101. The fourth-order valence-electron chi connectivity index (χ4n) is 8.76. The lowest BCUT2D eigenvalue weighted by Crippen LogP contribution is -2.43. The molecule has 0 bridgehead atoms. The van der Waals surface area contributed by atoms with Crippen molar-refractivity contribution in [3.63, 3.8) is 0 Å². The van der Waals surface area contributed by atoms with Gasteiger partial charge in [-0.25, -0.2) is 33.6 Å². The average molecular weight is 1910 g/mol. The van der Waals surface area contributed by atoms with E-state index < -0.39 is 189 Å². The number of ether oxygens (including phenoxy) is 16. The summed E-state index contributed by atoms with van der Waals surface area (Å²) in [6, 6.07) is 0. The Hall–Kier alpha value is -7.36. The third-order valence-corrected chi connectivity index (χ3v) is 17.7. The Morgan fingerprint density at radius 1 is 0.215 bits per heavy atom. The molecule has 768 valence electrons. The lowest BCUT2D eigenvalue weighted by molar-refractivity contribution is -0.171. The second-order valence-electron chi connectivity index (χ2n) is 31.2. The van der Waals surface area contributed by atoms with Gasteiger partial charge in [0.25, 0.3) is 0 Å². The largest absolute Gasteiger partial charge is 0.465 e. The van der Waals surface area contributed by atoms with Crippen LogP contribution in [0.4, 0.5) is 0 Å². The SMILES string of the molecule is CC(CCOC(=O)CO)(CCOC(=O)CO)CCOC(=O)CO.CC(CCOCCO)(CCOCCO)CCOCCO.CC(COC(=O)CCO)(COC(=O)CCCO)COC(=O)CCCO.CC(COC(=O)CO)(COC(=O)CCO)COC(=O)CCO.C[C@H](O)C(=O)OCC(C)(COC(=O)[C@H](C)O)COC(=O)[C@@H](C)O.OCC(CO)(CO)COCC(CO)(CO)CO. The summed E-state index contributed by atoms with van der Waals surface area (Å²) in [5, 5.41) is 185. The van der Waals surface area contributed by atoms with Gasteiger partial charge in [-0.05, 0) is 104 Å². The summed E-state index contributed by atoms with van der Waals surface area (Å²) in [4.78, 5) is 135. The van der Waals surface area contributed by atoms with Crippen molar-refractivity contribution < 1.29 is 241 Å². The van der Waals surface area contributed by atoms with Gasteiger partial charge in [0.2, 0.25) is 0 Å². The standard InChI is InChI=1S/C16H28O9.2C14H24O9.C14H30O6.C13H22O9.C10H22O7/c1-16(12-25-15(22)6-9-19,10-23-13(20)4-2-7-17)11-24-14(21)5-3-8-18;1-8(15)11(18)21-5-14(4,6-22-12(19)9(2)16)7-23-13(20)10(3)17;1-14(2-5-21-11(18)8-15,3-6-22-12(19)9-16)4-7-23-13(20)10-17;1-14(2-8-18-11-5-15,3-9-19-12-6-16)4-10-20-13-7-17;1-13(9-22-12(19)6-16,7-20-10(17)2-4-14)8-21-11(18)3-5-15;11-1-9(2-12,3-13)7-17-8-10(4-14,5-15)6-16/h17-19H,2-12H2,1H3;8-10,15-17H,5-7H2,1-4H3;15-17H,2-10H2,1H3;15-17H,2-13H2,1H3;14-16H,2-9H2,1H3;11-16H,1-8H2/t;8-,9-,10+;;;;/m.0..../s1. The second-order valence-corrected chi connectivity index (χ2v) is 31.2. The summed E-state index contributed by atoms with van der Waals surface area (Å²) in [6.45, 7) is 6.17. The normalized spacial score (nSPS) is 12.2. The van der Waals surface area contributed by atoms with Crippen LogP contribution < -0.4 is 0 Å². The maximum Gasteiger partial charge on any atom is 0.334 e. The van der Waals surface area contributed by atoms with Crippen molar-refractivity contribution in [1.82, 2.24) is 0 Å². The minimum Gasteiger partial charge on any atom is -0.465 e.